The number of amides is 1. The molecule has 1 amide bonds. The van der Waals surface area contributed by atoms with Crippen LogP contribution in [0.3, 0.4) is 0 Å². The van der Waals surface area contributed by atoms with Crippen LogP contribution in [0.5, 0.6) is 5.75 Å². The van der Waals surface area contributed by atoms with Gasteiger partial charge in [0.25, 0.3) is 0 Å². The molecule has 0 radical (unpaired) electrons. The Hall–Kier alpha value is -1.55. The van der Waals surface area contributed by atoms with Crippen LogP contribution in [-0.4, -0.2) is 37.0 Å². The first-order valence-electron chi connectivity index (χ1n) is 7.32. The summed E-state index contributed by atoms with van der Waals surface area (Å²) in [6.45, 7) is 6.31. The van der Waals surface area contributed by atoms with Gasteiger partial charge in [-0.05, 0) is 44.5 Å². The smallest absolute Gasteiger partial charge is 0.227 e. The minimum atomic E-state index is 0.114. The summed E-state index contributed by atoms with van der Waals surface area (Å²) in [7, 11) is 1.88. The van der Waals surface area contributed by atoms with Crippen molar-refractivity contribution < 1.29 is 9.53 Å². The van der Waals surface area contributed by atoms with Crippen LogP contribution >= 0.6 is 0 Å². The fourth-order valence-corrected chi connectivity index (χ4v) is 2.69. The third-order valence-electron chi connectivity index (χ3n) is 3.87. The molecule has 1 aliphatic heterocycles. The van der Waals surface area contributed by atoms with Crippen LogP contribution in [0.2, 0.25) is 0 Å². The maximum Gasteiger partial charge on any atom is 0.227 e. The van der Waals surface area contributed by atoms with Crippen LogP contribution in [-0.2, 0) is 11.3 Å². The van der Waals surface area contributed by atoms with Gasteiger partial charge in [-0.3, -0.25) is 4.79 Å². The molecule has 1 N–H and O–H groups in total. The molecule has 0 bridgehead atoms. The number of ether oxygens (including phenoxy) is 1. The van der Waals surface area contributed by atoms with Crippen molar-refractivity contribution in [2.75, 3.05) is 20.2 Å². The van der Waals surface area contributed by atoms with Crippen LogP contribution in [0.15, 0.2) is 24.3 Å². The fourth-order valence-electron chi connectivity index (χ4n) is 2.69. The molecule has 20 heavy (non-hydrogen) atoms. The number of nitrogens with zero attached hydrogens (tertiary/aromatic N) is 1. The number of hydrogen-bond donors (Lipinski definition) is 1. The van der Waals surface area contributed by atoms with Crippen molar-refractivity contribution in [1.29, 1.82) is 0 Å². The molecule has 2 rings (SSSR count). The zero-order chi connectivity index (χ0) is 14.5. The van der Waals surface area contributed by atoms with E-state index in [-0.39, 0.29) is 17.9 Å². The van der Waals surface area contributed by atoms with Crippen molar-refractivity contribution in [3.05, 3.63) is 29.8 Å². The summed E-state index contributed by atoms with van der Waals surface area (Å²) >= 11 is 0. The van der Waals surface area contributed by atoms with E-state index in [9.17, 15) is 4.79 Å². The van der Waals surface area contributed by atoms with E-state index in [1.165, 1.54) is 0 Å². The van der Waals surface area contributed by atoms with E-state index in [2.05, 4.69) is 12.2 Å². The number of nitrogens with one attached hydrogen (secondary N) is 1. The highest BCUT2D eigenvalue weighted by molar-refractivity contribution is 5.79. The van der Waals surface area contributed by atoms with E-state index in [0.717, 1.165) is 24.3 Å². The molecule has 4 heteroatoms. The summed E-state index contributed by atoms with van der Waals surface area (Å²) in [5, 5.41) is 3.33. The summed E-state index contributed by atoms with van der Waals surface area (Å²) < 4.78 is 5.42. The van der Waals surface area contributed by atoms with Gasteiger partial charge in [-0.1, -0.05) is 12.1 Å². The van der Waals surface area contributed by atoms with Gasteiger partial charge in [0.05, 0.1) is 12.5 Å². The Morgan fingerprint density at radius 2 is 2.10 bits per heavy atom. The highest BCUT2D eigenvalue weighted by Crippen LogP contribution is 2.19. The SMILES string of the molecule is CCOc1ccc(CN(C)C(=O)C2CCNC2C)cc1. The lowest BCUT2D eigenvalue weighted by Gasteiger charge is -2.23. The summed E-state index contributed by atoms with van der Waals surface area (Å²) in [6, 6.07) is 8.23. The van der Waals surface area contributed by atoms with Gasteiger partial charge in [-0.2, -0.15) is 0 Å². The first kappa shape index (κ1) is 14.9. The van der Waals surface area contributed by atoms with Crippen molar-refractivity contribution in [3.8, 4) is 5.75 Å². The molecule has 2 unspecified atom stereocenters. The molecule has 0 spiro atoms. The number of hydrogen-bond acceptors (Lipinski definition) is 3. The van der Waals surface area contributed by atoms with E-state index in [4.69, 9.17) is 4.74 Å². The van der Waals surface area contributed by atoms with Gasteiger partial charge in [-0.25, -0.2) is 0 Å². The van der Waals surface area contributed by atoms with Gasteiger partial charge < -0.3 is 15.0 Å². The lowest BCUT2D eigenvalue weighted by Crippen LogP contribution is -2.37. The fraction of sp³-hybridized carbons (Fsp3) is 0.562. The van der Waals surface area contributed by atoms with Gasteiger partial charge >= 0.3 is 0 Å². The van der Waals surface area contributed by atoms with Crippen LogP contribution in [0.4, 0.5) is 0 Å². The highest BCUT2D eigenvalue weighted by atomic mass is 16.5. The van der Waals surface area contributed by atoms with E-state index in [0.29, 0.717) is 13.2 Å². The first-order valence-corrected chi connectivity index (χ1v) is 7.32. The zero-order valence-electron chi connectivity index (χ0n) is 12.6. The minimum Gasteiger partial charge on any atom is -0.494 e. The number of benzene rings is 1. The molecule has 1 heterocycles. The van der Waals surface area contributed by atoms with Crippen molar-refractivity contribution >= 4 is 5.91 Å². The molecule has 0 aliphatic carbocycles. The van der Waals surface area contributed by atoms with Gasteiger partial charge in [0.1, 0.15) is 5.75 Å². The molecule has 1 aliphatic rings. The van der Waals surface area contributed by atoms with Crippen LogP contribution in [0.1, 0.15) is 25.8 Å². The topological polar surface area (TPSA) is 41.6 Å². The Morgan fingerprint density at radius 3 is 2.65 bits per heavy atom. The molecule has 1 fully saturated rings. The second-order valence-electron chi connectivity index (χ2n) is 5.41. The lowest BCUT2D eigenvalue weighted by molar-refractivity contribution is -0.134. The predicted octanol–water partition coefficient (Wildman–Crippen LogP) is 2.04. The lowest BCUT2D eigenvalue weighted by atomic mass is 10.0. The summed E-state index contributed by atoms with van der Waals surface area (Å²) in [4.78, 5) is 14.2. The molecule has 1 aromatic carbocycles. The van der Waals surface area contributed by atoms with Crippen LogP contribution in [0, 0.1) is 5.92 Å². The van der Waals surface area contributed by atoms with Crippen LogP contribution < -0.4 is 10.1 Å². The van der Waals surface area contributed by atoms with Gasteiger partial charge in [0, 0.05) is 19.6 Å². The monoisotopic (exact) mass is 276 g/mol. The number of carbonyl (C=O) groups is 1. The molecule has 2 atom stereocenters. The van der Waals surface area contributed by atoms with Crippen LogP contribution in [0.25, 0.3) is 0 Å². The molecule has 110 valence electrons. The van der Waals surface area contributed by atoms with Gasteiger partial charge in [0.2, 0.25) is 5.91 Å². The molecule has 0 aromatic heterocycles. The van der Waals surface area contributed by atoms with Gasteiger partial charge in [-0.15, -0.1) is 0 Å². The molecule has 1 saturated heterocycles. The number of carbonyl (C=O) groups excluding carboxylic acids is 1. The molecular formula is C16H24N2O2. The van der Waals surface area contributed by atoms with Gasteiger partial charge in [0.15, 0.2) is 0 Å². The molecule has 0 saturated carbocycles. The van der Waals surface area contributed by atoms with Crippen molar-refractivity contribution in [3.63, 3.8) is 0 Å². The third kappa shape index (κ3) is 3.51. The van der Waals surface area contributed by atoms with Crippen molar-refractivity contribution in [2.24, 2.45) is 5.92 Å². The third-order valence-corrected chi connectivity index (χ3v) is 3.87. The second-order valence-corrected chi connectivity index (χ2v) is 5.41. The van der Waals surface area contributed by atoms with Crippen molar-refractivity contribution in [1.82, 2.24) is 10.2 Å². The molecule has 4 nitrogen and oxygen atoms in total. The Kier molecular flexibility index (Phi) is 5.01. The highest BCUT2D eigenvalue weighted by Gasteiger charge is 2.31. The Labute approximate surface area is 121 Å². The molecular weight excluding hydrogens is 252 g/mol. The Bertz CT molecular complexity index is 444. The van der Waals surface area contributed by atoms with E-state index in [1.807, 2.05) is 43.1 Å². The largest absolute Gasteiger partial charge is 0.494 e. The number of rotatable bonds is 5. The molecule has 1 aromatic rings. The maximum atomic E-state index is 12.4. The average molecular weight is 276 g/mol. The Balaban J connectivity index is 1.93. The summed E-state index contributed by atoms with van der Waals surface area (Å²) in [5.41, 5.74) is 1.13. The van der Waals surface area contributed by atoms with E-state index >= 15 is 0 Å². The second kappa shape index (κ2) is 6.75. The first-order chi connectivity index (χ1) is 9.61. The summed E-state index contributed by atoms with van der Waals surface area (Å²) in [6.07, 6.45) is 0.938. The Morgan fingerprint density at radius 1 is 1.40 bits per heavy atom. The standard InChI is InChI=1S/C16H24N2O2/c1-4-20-14-7-5-13(6-8-14)11-18(3)16(19)15-9-10-17-12(15)2/h5-8,12,15,17H,4,9-11H2,1-3H3. The van der Waals surface area contributed by atoms with E-state index < -0.39 is 0 Å². The summed E-state index contributed by atoms with van der Waals surface area (Å²) in [5.74, 6) is 1.22. The quantitative estimate of drug-likeness (QED) is 0.895. The zero-order valence-corrected chi connectivity index (χ0v) is 12.6. The minimum absolute atomic E-state index is 0.114. The predicted molar refractivity (Wildman–Crippen MR) is 79.7 cm³/mol. The van der Waals surface area contributed by atoms with Crippen molar-refractivity contribution in [2.45, 2.75) is 32.9 Å². The van der Waals surface area contributed by atoms with E-state index in [1.54, 1.807) is 0 Å². The average Bonchev–Trinajstić information content (AvgIpc) is 2.86. The maximum absolute atomic E-state index is 12.4. The normalized spacial score (nSPS) is 21.8.